The van der Waals surface area contributed by atoms with E-state index in [9.17, 15) is 9.90 Å². The van der Waals surface area contributed by atoms with Crippen LogP contribution in [0, 0.1) is 12.8 Å². The van der Waals surface area contributed by atoms with E-state index in [1.165, 1.54) is 0 Å². The SMILES string of the molecule is COc1ccc([C@@H](NC(=O)Cc2ccccc2C)C2CC(O)C2)cn1. The number of benzene rings is 1. The Morgan fingerprint density at radius 3 is 2.68 bits per heavy atom. The molecule has 0 bridgehead atoms. The van der Waals surface area contributed by atoms with Crippen LogP contribution in [0.25, 0.3) is 0 Å². The molecule has 5 heteroatoms. The zero-order chi connectivity index (χ0) is 17.8. The van der Waals surface area contributed by atoms with Gasteiger partial charge in [-0.2, -0.15) is 0 Å². The standard InChI is InChI=1S/C20H24N2O3/c1-13-5-3-4-6-14(13)11-18(24)22-20(16-9-17(23)10-16)15-7-8-19(25-2)21-12-15/h3-8,12,16-17,20,23H,9-11H2,1-2H3,(H,22,24)/t16?,17?,20-/m1/s1. The van der Waals surface area contributed by atoms with Gasteiger partial charge in [0.1, 0.15) is 0 Å². The molecule has 25 heavy (non-hydrogen) atoms. The highest BCUT2D eigenvalue weighted by Crippen LogP contribution is 2.38. The van der Waals surface area contributed by atoms with Gasteiger partial charge in [0.05, 0.1) is 25.7 Å². The summed E-state index contributed by atoms with van der Waals surface area (Å²) in [5.74, 6) is 0.755. The molecule has 1 aliphatic carbocycles. The number of aliphatic hydroxyl groups excluding tert-OH is 1. The maximum absolute atomic E-state index is 12.6. The molecule has 0 saturated heterocycles. The summed E-state index contributed by atoms with van der Waals surface area (Å²) in [7, 11) is 1.58. The van der Waals surface area contributed by atoms with Crippen LogP contribution in [0.15, 0.2) is 42.6 Å². The molecule has 0 spiro atoms. The summed E-state index contributed by atoms with van der Waals surface area (Å²) in [5, 5.41) is 12.8. The molecule has 1 heterocycles. The maximum Gasteiger partial charge on any atom is 0.224 e. The molecule has 1 aliphatic rings. The lowest BCUT2D eigenvalue weighted by Crippen LogP contribution is -2.42. The minimum Gasteiger partial charge on any atom is -0.481 e. The summed E-state index contributed by atoms with van der Waals surface area (Å²) in [6, 6.07) is 11.5. The van der Waals surface area contributed by atoms with Gasteiger partial charge >= 0.3 is 0 Å². The number of nitrogens with one attached hydrogen (secondary N) is 1. The van der Waals surface area contributed by atoms with Gasteiger partial charge in [0.15, 0.2) is 0 Å². The molecule has 1 aromatic heterocycles. The zero-order valence-electron chi connectivity index (χ0n) is 14.6. The number of pyridine rings is 1. The summed E-state index contributed by atoms with van der Waals surface area (Å²) in [5.41, 5.74) is 3.08. The van der Waals surface area contributed by atoms with Gasteiger partial charge in [-0.3, -0.25) is 4.79 Å². The van der Waals surface area contributed by atoms with Crippen molar-refractivity contribution >= 4 is 5.91 Å². The van der Waals surface area contributed by atoms with E-state index >= 15 is 0 Å². The zero-order valence-corrected chi connectivity index (χ0v) is 14.6. The Labute approximate surface area is 148 Å². The van der Waals surface area contributed by atoms with Crippen LogP contribution in [0.1, 0.15) is 35.6 Å². The molecule has 0 radical (unpaired) electrons. The summed E-state index contributed by atoms with van der Waals surface area (Å²) in [4.78, 5) is 16.8. The first-order valence-electron chi connectivity index (χ1n) is 8.58. The predicted octanol–water partition coefficient (Wildman–Crippen LogP) is 2.57. The Bertz CT molecular complexity index is 724. The number of hydrogen-bond acceptors (Lipinski definition) is 4. The second kappa shape index (κ2) is 7.66. The summed E-state index contributed by atoms with van der Waals surface area (Å²) in [6.45, 7) is 2.01. The van der Waals surface area contributed by atoms with Gasteiger partial charge in [-0.1, -0.05) is 30.3 Å². The van der Waals surface area contributed by atoms with E-state index in [0.717, 1.165) is 16.7 Å². The Balaban J connectivity index is 1.73. The predicted molar refractivity (Wildman–Crippen MR) is 95.3 cm³/mol. The molecule has 5 nitrogen and oxygen atoms in total. The van der Waals surface area contributed by atoms with Crippen molar-refractivity contribution in [2.75, 3.05) is 7.11 Å². The minimum atomic E-state index is -0.271. The molecule has 1 atom stereocenters. The highest BCUT2D eigenvalue weighted by molar-refractivity contribution is 5.79. The van der Waals surface area contributed by atoms with Crippen molar-refractivity contribution in [3.63, 3.8) is 0 Å². The van der Waals surface area contributed by atoms with Crippen LogP contribution in [-0.4, -0.2) is 29.2 Å². The summed E-state index contributed by atoms with van der Waals surface area (Å²) >= 11 is 0. The first-order valence-corrected chi connectivity index (χ1v) is 8.58. The van der Waals surface area contributed by atoms with Crippen molar-refractivity contribution in [2.24, 2.45) is 5.92 Å². The van der Waals surface area contributed by atoms with Crippen LogP contribution in [0.4, 0.5) is 0 Å². The average Bonchev–Trinajstić information content (AvgIpc) is 2.59. The molecule has 2 N–H and O–H groups in total. The number of carbonyl (C=O) groups excluding carboxylic acids is 1. The number of methoxy groups -OCH3 is 1. The van der Waals surface area contributed by atoms with Gasteiger partial charge in [0.2, 0.25) is 11.8 Å². The van der Waals surface area contributed by atoms with E-state index in [0.29, 0.717) is 25.1 Å². The molecule has 132 valence electrons. The summed E-state index contributed by atoms with van der Waals surface area (Å²) in [6.07, 6.45) is 3.21. The first kappa shape index (κ1) is 17.4. The van der Waals surface area contributed by atoms with Crippen LogP contribution < -0.4 is 10.1 Å². The van der Waals surface area contributed by atoms with Crippen LogP contribution >= 0.6 is 0 Å². The fourth-order valence-corrected chi connectivity index (χ4v) is 3.28. The third kappa shape index (κ3) is 4.17. The molecule has 0 unspecified atom stereocenters. The molecular formula is C20H24N2O3. The molecule has 1 fully saturated rings. The van der Waals surface area contributed by atoms with E-state index in [1.807, 2.05) is 37.3 Å². The number of nitrogens with zero attached hydrogens (tertiary/aromatic N) is 1. The Kier molecular flexibility index (Phi) is 5.34. The van der Waals surface area contributed by atoms with E-state index in [-0.39, 0.29) is 24.0 Å². The molecule has 3 rings (SSSR count). The van der Waals surface area contributed by atoms with E-state index in [2.05, 4.69) is 10.3 Å². The first-order chi connectivity index (χ1) is 12.1. The quantitative estimate of drug-likeness (QED) is 0.848. The van der Waals surface area contributed by atoms with E-state index in [1.54, 1.807) is 19.4 Å². The largest absolute Gasteiger partial charge is 0.481 e. The van der Waals surface area contributed by atoms with Crippen molar-refractivity contribution in [3.05, 3.63) is 59.3 Å². The Hall–Kier alpha value is -2.40. The third-order valence-corrected chi connectivity index (χ3v) is 4.88. The van der Waals surface area contributed by atoms with Gasteiger partial charge in [0.25, 0.3) is 0 Å². The maximum atomic E-state index is 12.6. The second-order valence-electron chi connectivity index (χ2n) is 6.67. The number of carbonyl (C=O) groups is 1. The fourth-order valence-electron chi connectivity index (χ4n) is 3.28. The van der Waals surface area contributed by atoms with Crippen LogP contribution in [0.5, 0.6) is 5.88 Å². The van der Waals surface area contributed by atoms with Crippen molar-refractivity contribution in [2.45, 2.75) is 38.3 Å². The monoisotopic (exact) mass is 340 g/mol. The van der Waals surface area contributed by atoms with E-state index < -0.39 is 0 Å². The van der Waals surface area contributed by atoms with Crippen molar-refractivity contribution in [3.8, 4) is 5.88 Å². The van der Waals surface area contributed by atoms with Crippen molar-refractivity contribution in [1.82, 2.24) is 10.3 Å². The van der Waals surface area contributed by atoms with Crippen LogP contribution in [-0.2, 0) is 11.2 Å². The minimum absolute atomic E-state index is 0.0171. The van der Waals surface area contributed by atoms with E-state index in [4.69, 9.17) is 4.74 Å². The Morgan fingerprint density at radius 2 is 2.08 bits per heavy atom. The van der Waals surface area contributed by atoms with Gasteiger partial charge in [0, 0.05) is 12.3 Å². The molecule has 2 aromatic rings. The number of aromatic nitrogens is 1. The van der Waals surface area contributed by atoms with Gasteiger partial charge in [-0.05, 0) is 42.4 Å². The normalized spacial score (nSPS) is 20.4. The lowest BCUT2D eigenvalue weighted by molar-refractivity contribution is -0.122. The van der Waals surface area contributed by atoms with Gasteiger partial charge in [-0.15, -0.1) is 0 Å². The lowest BCUT2D eigenvalue weighted by atomic mass is 9.75. The topological polar surface area (TPSA) is 71.5 Å². The number of hydrogen-bond donors (Lipinski definition) is 2. The molecular weight excluding hydrogens is 316 g/mol. The highest BCUT2D eigenvalue weighted by Gasteiger charge is 2.35. The van der Waals surface area contributed by atoms with Crippen LogP contribution in [0.2, 0.25) is 0 Å². The Morgan fingerprint density at radius 1 is 1.32 bits per heavy atom. The number of amides is 1. The van der Waals surface area contributed by atoms with Crippen LogP contribution in [0.3, 0.4) is 0 Å². The van der Waals surface area contributed by atoms with Crippen molar-refractivity contribution in [1.29, 1.82) is 0 Å². The van der Waals surface area contributed by atoms with Crippen molar-refractivity contribution < 1.29 is 14.6 Å². The molecule has 1 saturated carbocycles. The number of aryl methyl sites for hydroxylation is 1. The molecule has 1 aromatic carbocycles. The fraction of sp³-hybridized carbons (Fsp3) is 0.400. The van der Waals surface area contributed by atoms with Gasteiger partial charge < -0.3 is 15.2 Å². The molecule has 0 aliphatic heterocycles. The molecule has 1 amide bonds. The summed E-state index contributed by atoms with van der Waals surface area (Å²) < 4.78 is 5.10. The number of rotatable bonds is 6. The average molecular weight is 340 g/mol. The third-order valence-electron chi connectivity index (χ3n) is 4.88. The second-order valence-corrected chi connectivity index (χ2v) is 6.67. The smallest absolute Gasteiger partial charge is 0.224 e. The highest BCUT2D eigenvalue weighted by atomic mass is 16.5. The number of aliphatic hydroxyl groups is 1. The number of ether oxygens (including phenoxy) is 1. The lowest BCUT2D eigenvalue weighted by Gasteiger charge is -2.38. The van der Waals surface area contributed by atoms with Gasteiger partial charge in [-0.25, -0.2) is 4.98 Å².